The standard InChI is InChI=1S/C10H18N4O2/c1-3-14(4-2)10-12-9(16-13-10)8-5-7(15)6-11-8/h7-8,11,15H,3-6H2,1-2H3/t7?,8-/m0/s1. The first kappa shape index (κ1) is 11.3. The SMILES string of the molecule is CCN(CC)c1noc([C@@H]2CC(O)CN2)n1. The molecule has 1 aliphatic rings. The van der Waals surface area contributed by atoms with Gasteiger partial charge < -0.3 is 19.8 Å². The normalized spacial score (nSPS) is 24.9. The van der Waals surface area contributed by atoms with Crippen LogP contribution in [0, 0.1) is 0 Å². The van der Waals surface area contributed by atoms with Gasteiger partial charge in [-0.1, -0.05) is 0 Å². The van der Waals surface area contributed by atoms with Gasteiger partial charge in [-0.15, -0.1) is 0 Å². The van der Waals surface area contributed by atoms with Crippen LogP contribution in [0.15, 0.2) is 4.52 Å². The predicted octanol–water partition coefficient (Wildman–Crippen LogP) is 0.311. The Morgan fingerprint density at radius 3 is 2.81 bits per heavy atom. The molecule has 0 saturated carbocycles. The Morgan fingerprint density at radius 2 is 2.25 bits per heavy atom. The zero-order valence-corrected chi connectivity index (χ0v) is 9.68. The molecule has 1 saturated heterocycles. The molecule has 6 nitrogen and oxygen atoms in total. The molecule has 0 aromatic carbocycles. The van der Waals surface area contributed by atoms with Gasteiger partial charge in [0.2, 0.25) is 5.89 Å². The lowest BCUT2D eigenvalue weighted by Gasteiger charge is -2.14. The van der Waals surface area contributed by atoms with E-state index in [4.69, 9.17) is 4.52 Å². The van der Waals surface area contributed by atoms with Crippen molar-refractivity contribution >= 4 is 5.95 Å². The van der Waals surface area contributed by atoms with E-state index in [1.165, 1.54) is 0 Å². The summed E-state index contributed by atoms with van der Waals surface area (Å²) in [5, 5.41) is 16.5. The van der Waals surface area contributed by atoms with Crippen molar-refractivity contribution < 1.29 is 9.63 Å². The third kappa shape index (κ3) is 2.17. The number of rotatable bonds is 4. The Kier molecular flexibility index (Phi) is 3.40. The topological polar surface area (TPSA) is 74.4 Å². The van der Waals surface area contributed by atoms with Crippen LogP contribution >= 0.6 is 0 Å². The number of nitrogens with zero attached hydrogens (tertiary/aromatic N) is 3. The Balaban J connectivity index is 2.07. The minimum Gasteiger partial charge on any atom is -0.392 e. The molecule has 16 heavy (non-hydrogen) atoms. The molecule has 0 radical (unpaired) electrons. The van der Waals surface area contributed by atoms with Gasteiger partial charge in [-0.05, 0) is 25.4 Å². The van der Waals surface area contributed by atoms with Gasteiger partial charge in [-0.2, -0.15) is 4.98 Å². The van der Waals surface area contributed by atoms with Crippen molar-refractivity contribution in [2.75, 3.05) is 24.5 Å². The van der Waals surface area contributed by atoms with Gasteiger partial charge in [0.25, 0.3) is 5.95 Å². The molecule has 1 fully saturated rings. The number of aromatic nitrogens is 2. The molecule has 0 aliphatic carbocycles. The number of β-amino-alcohol motifs (C(OH)–C–C–N with tert-alkyl or cyclic N) is 1. The van der Waals surface area contributed by atoms with Gasteiger partial charge in [0.15, 0.2) is 0 Å². The Bertz CT molecular complexity index is 337. The van der Waals surface area contributed by atoms with Crippen LogP contribution in [0.5, 0.6) is 0 Å². The largest absolute Gasteiger partial charge is 0.392 e. The minimum atomic E-state index is -0.311. The Labute approximate surface area is 94.6 Å². The molecular formula is C10H18N4O2. The average molecular weight is 226 g/mol. The molecule has 0 bridgehead atoms. The van der Waals surface area contributed by atoms with Crippen molar-refractivity contribution in [3.05, 3.63) is 5.89 Å². The van der Waals surface area contributed by atoms with Crippen molar-refractivity contribution in [3.63, 3.8) is 0 Å². The average Bonchev–Trinajstić information content (AvgIpc) is 2.89. The Morgan fingerprint density at radius 1 is 1.50 bits per heavy atom. The maximum absolute atomic E-state index is 9.41. The summed E-state index contributed by atoms with van der Waals surface area (Å²) in [7, 11) is 0. The summed E-state index contributed by atoms with van der Waals surface area (Å²) >= 11 is 0. The number of aliphatic hydroxyl groups excluding tert-OH is 1. The van der Waals surface area contributed by atoms with Crippen molar-refractivity contribution in [2.45, 2.75) is 32.4 Å². The quantitative estimate of drug-likeness (QED) is 0.769. The van der Waals surface area contributed by atoms with Crippen molar-refractivity contribution in [1.82, 2.24) is 15.5 Å². The fourth-order valence-electron chi connectivity index (χ4n) is 1.91. The van der Waals surface area contributed by atoms with E-state index in [1.807, 2.05) is 4.90 Å². The van der Waals surface area contributed by atoms with E-state index in [9.17, 15) is 5.11 Å². The molecule has 0 spiro atoms. The fourth-order valence-corrected chi connectivity index (χ4v) is 1.91. The van der Waals surface area contributed by atoms with Crippen LogP contribution in [-0.4, -0.2) is 41.0 Å². The smallest absolute Gasteiger partial charge is 0.266 e. The van der Waals surface area contributed by atoms with Crippen molar-refractivity contribution in [1.29, 1.82) is 0 Å². The maximum atomic E-state index is 9.41. The number of nitrogens with one attached hydrogen (secondary N) is 1. The molecule has 0 amide bonds. The summed E-state index contributed by atoms with van der Waals surface area (Å²) in [5.41, 5.74) is 0. The van der Waals surface area contributed by atoms with Crippen LogP contribution in [0.25, 0.3) is 0 Å². The van der Waals surface area contributed by atoms with E-state index in [0.29, 0.717) is 24.8 Å². The molecular weight excluding hydrogens is 208 g/mol. The summed E-state index contributed by atoms with van der Waals surface area (Å²) in [6.07, 6.45) is 0.327. The number of hydrogen-bond acceptors (Lipinski definition) is 6. The molecule has 1 aliphatic heterocycles. The summed E-state index contributed by atoms with van der Waals surface area (Å²) in [4.78, 5) is 6.37. The van der Waals surface area contributed by atoms with E-state index < -0.39 is 0 Å². The fraction of sp³-hybridized carbons (Fsp3) is 0.800. The van der Waals surface area contributed by atoms with Gasteiger partial charge >= 0.3 is 0 Å². The predicted molar refractivity (Wildman–Crippen MR) is 59.2 cm³/mol. The van der Waals surface area contributed by atoms with Crippen LogP contribution < -0.4 is 10.2 Å². The van der Waals surface area contributed by atoms with E-state index in [1.54, 1.807) is 0 Å². The molecule has 2 atom stereocenters. The summed E-state index contributed by atoms with van der Waals surface area (Å²) < 4.78 is 5.21. The summed E-state index contributed by atoms with van der Waals surface area (Å²) in [6.45, 7) is 6.41. The van der Waals surface area contributed by atoms with Gasteiger partial charge in [0.1, 0.15) is 0 Å². The first-order chi connectivity index (χ1) is 7.74. The monoisotopic (exact) mass is 226 g/mol. The first-order valence-electron chi connectivity index (χ1n) is 5.74. The van der Waals surface area contributed by atoms with Crippen LogP contribution in [-0.2, 0) is 0 Å². The number of anilines is 1. The molecule has 2 rings (SSSR count). The van der Waals surface area contributed by atoms with Gasteiger partial charge in [0, 0.05) is 19.6 Å². The van der Waals surface area contributed by atoms with E-state index in [2.05, 4.69) is 29.3 Å². The van der Waals surface area contributed by atoms with E-state index in [-0.39, 0.29) is 12.1 Å². The summed E-state index contributed by atoms with van der Waals surface area (Å²) in [6, 6.07) is -0.00758. The van der Waals surface area contributed by atoms with Gasteiger partial charge in [0.05, 0.1) is 12.1 Å². The second-order valence-corrected chi connectivity index (χ2v) is 3.96. The lowest BCUT2D eigenvalue weighted by atomic mass is 10.2. The highest BCUT2D eigenvalue weighted by Crippen LogP contribution is 2.23. The van der Waals surface area contributed by atoms with Crippen molar-refractivity contribution in [3.8, 4) is 0 Å². The van der Waals surface area contributed by atoms with Gasteiger partial charge in [-0.3, -0.25) is 0 Å². The lowest BCUT2D eigenvalue weighted by molar-refractivity contribution is 0.191. The third-order valence-corrected chi connectivity index (χ3v) is 2.88. The molecule has 1 aromatic rings. The van der Waals surface area contributed by atoms with Crippen LogP contribution in [0.2, 0.25) is 0 Å². The molecule has 2 heterocycles. The maximum Gasteiger partial charge on any atom is 0.266 e. The van der Waals surface area contributed by atoms with E-state index >= 15 is 0 Å². The molecule has 90 valence electrons. The molecule has 6 heteroatoms. The van der Waals surface area contributed by atoms with Crippen LogP contribution in [0.1, 0.15) is 32.2 Å². The van der Waals surface area contributed by atoms with Crippen LogP contribution in [0.4, 0.5) is 5.95 Å². The molecule has 1 unspecified atom stereocenters. The second-order valence-electron chi connectivity index (χ2n) is 3.96. The second kappa shape index (κ2) is 4.80. The number of aliphatic hydroxyl groups is 1. The van der Waals surface area contributed by atoms with E-state index in [0.717, 1.165) is 13.1 Å². The molecule has 1 aromatic heterocycles. The Hall–Kier alpha value is -1.14. The highest BCUT2D eigenvalue weighted by molar-refractivity contribution is 5.27. The third-order valence-electron chi connectivity index (χ3n) is 2.88. The molecule has 2 N–H and O–H groups in total. The minimum absolute atomic E-state index is 0.00758. The number of hydrogen-bond donors (Lipinski definition) is 2. The van der Waals surface area contributed by atoms with Crippen LogP contribution in [0.3, 0.4) is 0 Å². The summed E-state index contributed by atoms with van der Waals surface area (Å²) in [5.74, 6) is 1.20. The zero-order valence-electron chi connectivity index (χ0n) is 9.68. The van der Waals surface area contributed by atoms with Gasteiger partial charge in [-0.25, -0.2) is 0 Å². The highest BCUT2D eigenvalue weighted by atomic mass is 16.5. The van der Waals surface area contributed by atoms with Crippen molar-refractivity contribution in [2.24, 2.45) is 0 Å². The highest BCUT2D eigenvalue weighted by Gasteiger charge is 2.28. The zero-order chi connectivity index (χ0) is 11.5. The first-order valence-corrected chi connectivity index (χ1v) is 5.74. The lowest BCUT2D eigenvalue weighted by Crippen LogP contribution is -2.23.